The molecule has 1 nitrogen and oxygen atoms in total. The summed E-state index contributed by atoms with van der Waals surface area (Å²) in [6, 6.07) is 9.68. The van der Waals surface area contributed by atoms with E-state index in [9.17, 15) is 0 Å². The lowest BCUT2D eigenvalue weighted by molar-refractivity contribution is 0.208. The Morgan fingerprint density at radius 1 is 1.25 bits per heavy atom. The number of benzene rings is 1. The van der Waals surface area contributed by atoms with Gasteiger partial charge < -0.3 is 0 Å². The predicted octanol–water partition coefficient (Wildman–Crippen LogP) is 2.98. The summed E-state index contributed by atoms with van der Waals surface area (Å²) in [5.41, 5.74) is 4.63. The molecule has 0 saturated heterocycles. The molecule has 0 saturated carbocycles. The van der Waals surface area contributed by atoms with Crippen LogP contribution in [-0.2, 0) is 6.42 Å². The van der Waals surface area contributed by atoms with Crippen molar-refractivity contribution in [3.05, 3.63) is 47.0 Å². The largest absolute Gasteiger partial charge is 0.299 e. The van der Waals surface area contributed by atoms with Gasteiger partial charge in [-0.05, 0) is 37.9 Å². The van der Waals surface area contributed by atoms with Crippen molar-refractivity contribution in [2.24, 2.45) is 0 Å². The quantitative estimate of drug-likeness (QED) is 0.599. The minimum absolute atomic E-state index is 0.628. The molecule has 1 aromatic carbocycles. The molecule has 1 aromatic rings. The Morgan fingerprint density at radius 3 is 2.94 bits per heavy atom. The third kappa shape index (κ3) is 1.51. The van der Waals surface area contributed by atoms with Crippen LogP contribution < -0.4 is 0 Å². The van der Waals surface area contributed by atoms with E-state index in [1.54, 1.807) is 11.1 Å². The second-order valence-electron chi connectivity index (χ2n) is 5.26. The zero-order valence-electron chi connectivity index (χ0n) is 10.1. The first-order valence-electron chi connectivity index (χ1n) is 6.21. The Morgan fingerprint density at radius 2 is 2.06 bits per heavy atom. The molecule has 0 radical (unpaired) electrons. The SMILES string of the molecule is CC1=C[C@H]2c3ccccc3CC[C@H]2N(C)C1. The number of aryl methyl sites for hydroxylation is 1. The van der Waals surface area contributed by atoms with Crippen LogP contribution >= 0.6 is 0 Å². The first kappa shape index (κ1) is 10.1. The fraction of sp³-hybridized carbons (Fsp3) is 0.467. The summed E-state index contributed by atoms with van der Waals surface area (Å²) < 4.78 is 0. The number of rotatable bonds is 0. The lowest BCUT2D eigenvalue weighted by Gasteiger charge is -2.41. The summed E-state index contributed by atoms with van der Waals surface area (Å²) in [5, 5.41) is 0. The maximum atomic E-state index is 2.52. The second kappa shape index (κ2) is 3.74. The van der Waals surface area contributed by atoms with Gasteiger partial charge >= 0.3 is 0 Å². The highest BCUT2D eigenvalue weighted by Gasteiger charge is 2.32. The van der Waals surface area contributed by atoms with Crippen LogP contribution in [0.1, 0.15) is 30.4 Å². The van der Waals surface area contributed by atoms with Crippen LogP contribution in [0.4, 0.5) is 0 Å². The van der Waals surface area contributed by atoms with E-state index in [1.165, 1.54) is 18.4 Å². The van der Waals surface area contributed by atoms with E-state index < -0.39 is 0 Å². The molecule has 0 bridgehead atoms. The lowest BCUT2D eigenvalue weighted by Crippen LogP contribution is -2.42. The van der Waals surface area contributed by atoms with Crippen molar-refractivity contribution in [2.45, 2.75) is 31.7 Å². The Labute approximate surface area is 97.8 Å². The Balaban J connectivity index is 2.07. The van der Waals surface area contributed by atoms with E-state index >= 15 is 0 Å². The minimum atomic E-state index is 0.628. The highest BCUT2D eigenvalue weighted by molar-refractivity contribution is 5.39. The zero-order chi connectivity index (χ0) is 11.1. The molecule has 1 heteroatoms. The van der Waals surface area contributed by atoms with Crippen molar-refractivity contribution in [3.8, 4) is 0 Å². The van der Waals surface area contributed by atoms with Gasteiger partial charge in [0.2, 0.25) is 0 Å². The summed E-state index contributed by atoms with van der Waals surface area (Å²) in [6.45, 7) is 3.40. The lowest BCUT2D eigenvalue weighted by atomic mass is 9.76. The van der Waals surface area contributed by atoms with Gasteiger partial charge in [0.1, 0.15) is 0 Å². The molecule has 2 aliphatic rings. The highest BCUT2D eigenvalue weighted by Crippen LogP contribution is 2.38. The molecule has 16 heavy (non-hydrogen) atoms. The molecular formula is C15H19N. The maximum absolute atomic E-state index is 2.52. The standard InChI is InChI=1S/C15H19N/c1-11-9-14-13-6-4-3-5-12(13)7-8-15(14)16(2)10-11/h3-6,9,14-15H,7-8,10H2,1-2H3/t14-,15+/m0/s1. The van der Waals surface area contributed by atoms with Gasteiger partial charge in [0.25, 0.3) is 0 Å². The van der Waals surface area contributed by atoms with Gasteiger partial charge in [-0.1, -0.05) is 35.9 Å². The number of nitrogens with zero attached hydrogens (tertiary/aromatic N) is 1. The van der Waals surface area contributed by atoms with E-state index in [-0.39, 0.29) is 0 Å². The fourth-order valence-corrected chi connectivity index (χ4v) is 3.34. The van der Waals surface area contributed by atoms with E-state index in [2.05, 4.69) is 49.2 Å². The molecule has 3 rings (SSSR count). The van der Waals surface area contributed by atoms with Gasteiger partial charge in [-0.15, -0.1) is 0 Å². The van der Waals surface area contributed by atoms with Crippen LogP contribution in [0.3, 0.4) is 0 Å². The summed E-state index contributed by atoms with van der Waals surface area (Å²) in [5.74, 6) is 0.628. The maximum Gasteiger partial charge on any atom is 0.0202 e. The molecule has 1 heterocycles. The first-order chi connectivity index (χ1) is 7.75. The van der Waals surface area contributed by atoms with E-state index in [4.69, 9.17) is 0 Å². The van der Waals surface area contributed by atoms with Gasteiger partial charge in [0.05, 0.1) is 0 Å². The highest BCUT2D eigenvalue weighted by atomic mass is 15.1. The molecule has 0 aromatic heterocycles. The van der Waals surface area contributed by atoms with Crippen LogP contribution in [0, 0.1) is 0 Å². The first-order valence-corrected chi connectivity index (χ1v) is 6.21. The van der Waals surface area contributed by atoms with Crippen LogP contribution in [0.15, 0.2) is 35.9 Å². The summed E-state index contributed by atoms with van der Waals surface area (Å²) in [7, 11) is 2.27. The van der Waals surface area contributed by atoms with Crippen molar-refractivity contribution < 1.29 is 0 Å². The molecule has 0 unspecified atom stereocenters. The van der Waals surface area contributed by atoms with Crippen LogP contribution in [0.5, 0.6) is 0 Å². The predicted molar refractivity (Wildman–Crippen MR) is 67.7 cm³/mol. The van der Waals surface area contributed by atoms with E-state index in [0.29, 0.717) is 5.92 Å². The second-order valence-corrected chi connectivity index (χ2v) is 5.26. The van der Waals surface area contributed by atoms with Crippen LogP contribution in [0.2, 0.25) is 0 Å². The Hall–Kier alpha value is -1.08. The zero-order valence-corrected chi connectivity index (χ0v) is 10.1. The Kier molecular flexibility index (Phi) is 2.36. The van der Waals surface area contributed by atoms with Crippen LogP contribution in [-0.4, -0.2) is 24.5 Å². The van der Waals surface area contributed by atoms with Crippen molar-refractivity contribution in [1.82, 2.24) is 4.90 Å². The summed E-state index contributed by atoms with van der Waals surface area (Å²) >= 11 is 0. The molecule has 0 amide bonds. The Bertz CT molecular complexity index is 433. The average molecular weight is 213 g/mol. The molecule has 1 aliphatic carbocycles. The molecule has 1 aliphatic heterocycles. The van der Waals surface area contributed by atoms with Gasteiger partial charge in [0, 0.05) is 18.5 Å². The van der Waals surface area contributed by atoms with E-state index in [0.717, 1.165) is 12.6 Å². The normalized spacial score (nSPS) is 29.2. The molecule has 84 valence electrons. The van der Waals surface area contributed by atoms with Crippen molar-refractivity contribution >= 4 is 0 Å². The average Bonchev–Trinajstić information content (AvgIpc) is 2.28. The number of hydrogen-bond acceptors (Lipinski definition) is 1. The summed E-state index contributed by atoms with van der Waals surface area (Å²) in [6.07, 6.45) is 5.04. The van der Waals surface area contributed by atoms with Crippen molar-refractivity contribution in [2.75, 3.05) is 13.6 Å². The van der Waals surface area contributed by atoms with Crippen molar-refractivity contribution in [1.29, 1.82) is 0 Å². The molecular weight excluding hydrogens is 194 g/mol. The topological polar surface area (TPSA) is 3.24 Å². The fourth-order valence-electron chi connectivity index (χ4n) is 3.34. The third-order valence-electron chi connectivity index (χ3n) is 4.07. The van der Waals surface area contributed by atoms with Gasteiger partial charge in [0.15, 0.2) is 0 Å². The van der Waals surface area contributed by atoms with Gasteiger partial charge in [-0.3, -0.25) is 4.90 Å². The number of fused-ring (bicyclic) bond motifs is 3. The monoisotopic (exact) mass is 213 g/mol. The molecule has 2 atom stereocenters. The van der Waals surface area contributed by atoms with Crippen molar-refractivity contribution in [3.63, 3.8) is 0 Å². The third-order valence-corrected chi connectivity index (χ3v) is 4.07. The number of likely N-dealkylation sites (N-methyl/N-ethyl adjacent to an activating group) is 1. The minimum Gasteiger partial charge on any atom is -0.299 e. The van der Waals surface area contributed by atoms with Gasteiger partial charge in [-0.2, -0.15) is 0 Å². The summed E-state index contributed by atoms with van der Waals surface area (Å²) in [4.78, 5) is 2.52. The van der Waals surface area contributed by atoms with Gasteiger partial charge in [-0.25, -0.2) is 0 Å². The van der Waals surface area contributed by atoms with Crippen LogP contribution in [0.25, 0.3) is 0 Å². The van der Waals surface area contributed by atoms with E-state index in [1.807, 2.05) is 0 Å². The number of hydrogen-bond donors (Lipinski definition) is 0. The smallest absolute Gasteiger partial charge is 0.0202 e. The molecule has 0 fully saturated rings. The molecule has 0 N–H and O–H groups in total. The molecule has 0 spiro atoms.